The Hall–Kier alpha value is -3.42. The second kappa shape index (κ2) is 6.33. The number of rotatable bonds is 2. The Morgan fingerprint density at radius 3 is 2.11 bits per heavy atom. The third kappa shape index (κ3) is 2.96. The summed E-state index contributed by atoms with van der Waals surface area (Å²) in [6.07, 6.45) is -4.58. The number of nitrogens with zero attached hydrogens (tertiary/aromatic N) is 1. The third-order valence-corrected chi connectivity index (χ3v) is 4.51. The highest BCUT2D eigenvalue weighted by Crippen LogP contribution is 2.35. The van der Waals surface area contributed by atoms with Gasteiger partial charge in [0, 0.05) is 16.5 Å². The lowest BCUT2D eigenvalue weighted by Crippen LogP contribution is -2.05. The molecule has 0 saturated heterocycles. The quantitative estimate of drug-likeness (QED) is 0.427. The van der Waals surface area contributed by atoms with Gasteiger partial charge in [-0.05, 0) is 35.4 Å². The van der Waals surface area contributed by atoms with Gasteiger partial charge in [0.05, 0.1) is 5.56 Å². The van der Waals surface area contributed by atoms with Crippen LogP contribution in [0.1, 0.15) is 5.56 Å². The molecule has 1 heterocycles. The number of hydrogen-bond donors (Lipinski definition) is 2. The number of alkyl halides is 3. The van der Waals surface area contributed by atoms with E-state index in [1.54, 1.807) is 6.07 Å². The molecule has 4 rings (SSSR count). The van der Waals surface area contributed by atoms with Crippen LogP contribution in [0.2, 0.25) is 0 Å². The zero-order valence-corrected chi connectivity index (χ0v) is 14.1. The minimum absolute atomic E-state index is 0.156. The summed E-state index contributed by atoms with van der Waals surface area (Å²) in [7, 11) is 0. The standard InChI is InChI=1S/C20H12F5N3/c21-16-8-5-12(20(23,24)25)9-15(16)11-3-1-10(2-4-11)13-6-7-14-18(17(13)22)27-28-19(14)26/h1-9H,(H3,26,27,28). The topological polar surface area (TPSA) is 54.7 Å². The molecule has 8 heteroatoms. The fraction of sp³-hybridized carbons (Fsp3) is 0.0500. The number of aromatic nitrogens is 2. The highest BCUT2D eigenvalue weighted by molar-refractivity contribution is 5.92. The number of hydrogen-bond acceptors (Lipinski definition) is 2. The van der Waals surface area contributed by atoms with E-state index in [0.717, 1.165) is 12.1 Å². The smallest absolute Gasteiger partial charge is 0.382 e. The fourth-order valence-corrected chi connectivity index (χ4v) is 3.05. The molecule has 3 nitrogen and oxygen atoms in total. The van der Waals surface area contributed by atoms with Gasteiger partial charge in [-0.25, -0.2) is 8.78 Å². The highest BCUT2D eigenvalue weighted by Gasteiger charge is 2.31. The van der Waals surface area contributed by atoms with Crippen LogP contribution in [0, 0.1) is 11.6 Å². The van der Waals surface area contributed by atoms with Gasteiger partial charge in [0.2, 0.25) is 0 Å². The Morgan fingerprint density at radius 1 is 0.821 bits per heavy atom. The highest BCUT2D eigenvalue weighted by atomic mass is 19.4. The van der Waals surface area contributed by atoms with Crippen molar-refractivity contribution in [3.05, 3.63) is 71.8 Å². The van der Waals surface area contributed by atoms with Crippen LogP contribution in [0.4, 0.5) is 27.8 Å². The molecule has 28 heavy (non-hydrogen) atoms. The first-order valence-electron chi connectivity index (χ1n) is 8.15. The van der Waals surface area contributed by atoms with Crippen LogP contribution in [0.3, 0.4) is 0 Å². The largest absolute Gasteiger partial charge is 0.416 e. The summed E-state index contributed by atoms with van der Waals surface area (Å²) in [6.45, 7) is 0. The maximum atomic E-state index is 14.7. The summed E-state index contributed by atoms with van der Waals surface area (Å²) >= 11 is 0. The molecule has 0 radical (unpaired) electrons. The lowest BCUT2D eigenvalue weighted by atomic mass is 9.98. The number of anilines is 1. The molecule has 3 N–H and O–H groups in total. The molecule has 0 unspecified atom stereocenters. The number of nitrogen functional groups attached to an aromatic ring is 1. The van der Waals surface area contributed by atoms with Gasteiger partial charge in [0.15, 0.2) is 11.6 Å². The SMILES string of the molecule is Nc1n[nH]c2c(F)c(-c3ccc(-c4cc(C(F)(F)F)ccc4F)cc3)ccc12. The normalized spacial score (nSPS) is 11.9. The van der Waals surface area contributed by atoms with Gasteiger partial charge in [0.1, 0.15) is 11.3 Å². The van der Waals surface area contributed by atoms with Crippen LogP contribution in [-0.4, -0.2) is 10.2 Å². The van der Waals surface area contributed by atoms with E-state index < -0.39 is 23.4 Å². The summed E-state index contributed by atoms with van der Waals surface area (Å²) in [5.74, 6) is -1.16. The number of fused-ring (bicyclic) bond motifs is 1. The Balaban J connectivity index is 1.75. The van der Waals surface area contributed by atoms with Gasteiger partial charge in [-0.1, -0.05) is 30.3 Å². The minimum atomic E-state index is -4.58. The summed E-state index contributed by atoms with van der Waals surface area (Å²) in [4.78, 5) is 0. The molecule has 0 aliphatic carbocycles. The predicted octanol–water partition coefficient (Wildman–Crippen LogP) is 5.78. The average Bonchev–Trinajstić information content (AvgIpc) is 3.04. The molecule has 0 fully saturated rings. The van der Waals surface area contributed by atoms with E-state index in [1.807, 2.05) is 0 Å². The summed E-state index contributed by atoms with van der Waals surface area (Å²) in [5, 5.41) is 6.74. The molecule has 0 bridgehead atoms. The Labute approximate surface area is 155 Å². The van der Waals surface area contributed by atoms with Crippen molar-refractivity contribution in [2.24, 2.45) is 0 Å². The van der Waals surface area contributed by atoms with Crippen LogP contribution in [0.15, 0.2) is 54.6 Å². The van der Waals surface area contributed by atoms with Crippen molar-refractivity contribution in [1.29, 1.82) is 0 Å². The van der Waals surface area contributed by atoms with Gasteiger partial charge in [-0.3, -0.25) is 5.10 Å². The van der Waals surface area contributed by atoms with Crippen molar-refractivity contribution >= 4 is 16.7 Å². The molecule has 3 aromatic carbocycles. The van der Waals surface area contributed by atoms with Crippen LogP contribution >= 0.6 is 0 Å². The lowest BCUT2D eigenvalue weighted by molar-refractivity contribution is -0.137. The van der Waals surface area contributed by atoms with E-state index in [0.29, 0.717) is 17.0 Å². The third-order valence-electron chi connectivity index (χ3n) is 4.51. The van der Waals surface area contributed by atoms with E-state index in [2.05, 4.69) is 10.2 Å². The van der Waals surface area contributed by atoms with Gasteiger partial charge < -0.3 is 5.73 Å². The maximum Gasteiger partial charge on any atom is 0.416 e. The van der Waals surface area contributed by atoms with E-state index in [4.69, 9.17) is 5.73 Å². The molecule has 142 valence electrons. The summed E-state index contributed by atoms with van der Waals surface area (Å²) < 4.78 is 67.5. The minimum Gasteiger partial charge on any atom is -0.382 e. The van der Waals surface area contributed by atoms with Crippen molar-refractivity contribution in [2.45, 2.75) is 6.18 Å². The molecular formula is C20H12F5N3. The zero-order chi connectivity index (χ0) is 20.1. The van der Waals surface area contributed by atoms with Crippen LogP contribution in [0.5, 0.6) is 0 Å². The second-order valence-corrected chi connectivity index (χ2v) is 6.23. The summed E-state index contributed by atoms with van der Waals surface area (Å²) in [6, 6.07) is 11.3. The van der Waals surface area contributed by atoms with E-state index >= 15 is 0 Å². The molecule has 0 aliphatic heterocycles. The first-order valence-corrected chi connectivity index (χ1v) is 8.15. The first kappa shape index (κ1) is 18.0. The Kier molecular flexibility index (Phi) is 4.06. The number of aromatic amines is 1. The number of nitrogens with one attached hydrogen (secondary N) is 1. The fourth-order valence-electron chi connectivity index (χ4n) is 3.05. The summed E-state index contributed by atoms with van der Waals surface area (Å²) in [5.41, 5.74) is 5.66. The molecule has 1 aromatic heterocycles. The van der Waals surface area contributed by atoms with Crippen LogP contribution < -0.4 is 5.73 Å². The van der Waals surface area contributed by atoms with Crippen molar-refractivity contribution in [2.75, 3.05) is 5.73 Å². The second-order valence-electron chi connectivity index (χ2n) is 6.23. The van der Waals surface area contributed by atoms with Gasteiger partial charge >= 0.3 is 6.18 Å². The predicted molar refractivity (Wildman–Crippen MR) is 96.3 cm³/mol. The number of halogens is 5. The molecular weight excluding hydrogens is 377 g/mol. The number of nitrogens with two attached hydrogens (primary N) is 1. The molecule has 0 amide bonds. The first-order chi connectivity index (χ1) is 13.3. The van der Waals surface area contributed by atoms with Gasteiger partial charge in [0.25, 0.3) is 0 Å². The molecule has 0 saturated carbocycles. The lowest BCUT2D eigenvalue weighted by Gasteiger charge is -2.11. The molecule has 4 aromatic rings. The molecule has 0 spiro atoms. The van der Waals surface area contributed by atoms with Crippen LogP contribution in [-0.2, 0) is 6.18 Å². The molecule has 0 atom stereocenters. The molecule has 0 aliphatic rings. The maximum absolute atomic E-state index is 14.7. The number of H-pyrrole nitrogens is 1. The van der Waals surface area contributed by atoms with E-state index in [9.17, 15) is 22.0 Å². The van der Waals surface area contributed by atoms with Crippen molar-refractivity contribution in [3.8, 4) is 22.3 Å². The van der Waals surface area contributed by atoms with Crippen molar-refractivity contribution < 1.29 is 22.0 Å². The van der Waals surface area contributed by atoms with Crippen LogP contribution in [0.25, 0.3) is 33.2 Å². The Bertz CT molecular complexity index is 1180. The van der Waals surface area contributed by atoms with Crippen molar-refractivity contribution in [1.82, 2.24) is 10.2 Å². The van der Waals surface area contributed by atoms with Gasteiger partial charge in [-0.15, -0.1) is 0 Å². The van der Waals surface area contributed by atoms with E-state index in [1.165, 1.54) is 30.3 Å². The van der Waals surface area contributed by atoms with Gasteiger partial charge in [-0.2, -0.15) is 18.3 Å². The van der Waals surface area contributed by atoms with E-state index in [-0.39, 0.29) is 28.0 Å². The Morgan fingerprint density at radius 2 is 1.46 bits per heavy atom. The number of benzene rings is 3. The zero-order valence-electron chi connectivity index (χ0n) is 14.1. The average molecular weight is 389 g/mol. The van der Waals surface area contributed by atoms with Crippen molar-refractivity contribution in [3.63, 3.8) is 0 Å². The monoisotopic (exact) mass is 389 g/mol.